The lowest BCUT2D eigenvalue weighted by atomic mass is 9.33. The van der Waals surface area contributed by atoms with E-state index in [9.17, 15) is 24.8 Å². The van der Waals surface area contributed by atoms with Gasteiger partial charge in [-0.05, 0) is 127 Å². The van der Waals surface area contributed by atoms with Crippen molar-refractivity contribution in [3.05, 3.63) is 57.2 Å². The Balaban J connectivity index is 1.43. The number of nitro groups is 1. The van der Waals surface area contributed by atoms with E-state index in [-0.39, 0.29) is 39.6 Å². The van der Waals surface area contributed by atoms with Crippen LogP contribution in [0.1, 0.15) is 105 Å². The van der Waals surface area contributed by atoms with E-state index in [2.05, 4.69) is 54.5 Å². The zero-order valence-electron chi connectivity index (χ0n) is 27.0. The fourth-order valence-electron chi connectivity index (χ4n) is 11.7. The number of carbonyl (C=O) groups excluding carboxylic acids is 1. The molecule has 6 heteroatoms. The molecule has 0 aliphatic heterocycles. The molecule has 9 atom stereocenters. The Bertz CT molecular complexity index is 1440. The van der Waals surface area contributed by atoms with Gasteiger partial charge < -0.3 is 5.11 Å². The first kappa shape index (κ1) is 30.3. The minimum atomic E-state index is -0.651. The standard InChI is InChI=1S/C37H49NO5/c1-22-14-17-37(32(40)41)19-18-35(6)27(30(37)23(22)2)12-13-29-34(5)21-25(20-24-8-10-26(11-9-24)38(42)43)31(39)33(3,4)28(34)15-16-36(29,35)7/h8-12,20,22-23,28-30H,13-19,21H2,1-7H3,(H,40,41)/b25-20+/t22-,23+,28+,29-,30+,34+,35-,36-,37+/m1/s1. The number of carbonyl (C=O) groups is 2. The number of ketones is 1. The maximum atomic E-state index is 14.0. The molecule has 0 bridgehead atoms. The minimum Gasteiger partial charge on any atom is -0.481 e. The largest absolute Gasteiger partial charge is 0.481 e. The Morgan fingerprint density at radius 3 is 2.28 bits per heavy atom. The van der Waals surface area contributed by atoms with Crippen molar-refractivity contribution in [2.75, 3.05) is 0 Å². The van der Waals surface area contributed by atoms with Crippen molar-refractivity contribution >= 4 is 23.5 Å². The van der Waals surface area contributed by atoms with Crippen molar-refractivity contribution in [1.29, 1.82) is 0 Å². The van der Waals surface area contributed by atoms with Gasteiger partial charge in [0.25, 0.3) is 5.69 Å². The van der Waals surface area contributed by atoms with Gasteiger partial charge >= 0.3 is 5.97 Å². The third-order valence-corrected chi connectivity index (χ3v) is 14.4. The van der Waals surface area contributed by atoms with Crippen LogP contribution in [-0.2, 0) is 9.59 Å². The summed E-state index contributed by atoms with van der Waals surface area (Å²) in [5, 5.41) is 21.9. The van der Waals surface area contributed by atoms with Gasteiger partial charge in [0.15, 0.2) is 5.78 Å². The second-order valence-corrected chi connectivity index (χ2v) is 16.4. The van der Waals surface area contributed by atoms with Crippen molar-refractivity contribution in [1.82, 2.24) is 0 Å². The van der Waals surface area contributed by atoms with Crippen LogP contribution in [0.15, 0.2) is 41.5 Å². The summed E-state index contributed by atoms with van der Waals surface area (Å²) >= 11 is 0. The van der Waals surface area contributed by atoms with E-state index >= 15 is 0 Å². The Morgan fingerprint density at radius 1 is 0.977 bits per heavy atom. The Kier molecular flexibility index (Phi) is 6.77. The van der Waals surface area contributed by atoms with E-state index in [4.69, 9.17) is 0 Å². The number of benzene rings is 1. The first-order valence-electron chi connectivity index (χ1n) is 16.5. The number of carboxylic acids is 1. The Labute approximate surface area is 256 Å². The smallest absolute Gasteiger partial charge is 0.310 e. The Hall–Kier alpha value is -2.76. The summed E-state index contributed by atoms with van der Waals surface area (Å²) in [4.78, 5) is 37.8. The lowest BCUT2D eigenvalue weighted by Gasteiger charge is -2.70. The summed E-state index contributed by atoms with van der Waals surface area (Å²) in [5.41, 5.74) is 1.78. The molecule has 0 saturated heterocycles. The fraction of sp³-hybridized carbons (Fsp3) is 0.676. The molecule has 1 aromatic rings. The molecule has 0 spiro atoms. The predicted octanol–water partition coefficient (Wildman–Crippen LogP) is 8.90. The number of non-ortho nitro benzene ring substituents is 1. The number of nitro benzene ring substituents is 1. The molecule has 1 N–H and O–H groups in total. The monoisotopic (exact) mass is 587 g/mol. The maximum Gasteiger partial charge on any atom is 0.310 e. The number of hydrogen-bond donors (Lipinski definition) is 1. The SMILES string of the molecule is C[C@H]1[C@H](C)CC[C@]2(C(=O)O)CC[C@]3(C)C(=CC[C@@H]4[C@@]5(C)C/C(=C\c6ccc([N+](=O)[O-])cc6)C(=O)C(C)(C)[C@@H]5CC[C@]43C)[C@H]12. The highest BCUT2D eigenvalue weighted by Crippen LogP contribution is 2.75. The van der Waals surface area contributed by atoms with Crippen LogP contribution in [0.4, 0.5) is 5.69 Å². The van der Waals surface area contributed by atoms with E-state index in [1.54, 1.807) is 12.1 Å². The number of rotatable bonds is 3. The third-order valence-electron chi connectivity index (χ3n) is 14.4. The lowest BCUT2D eigenvalue weighted by Crippen LogP contribution is -2.65. The molecule has 0 heterocycles. The first-order valence-corrected chi connectivity index (χ1v) is 16.5. The number of fused-ring (bicyclic) bond motifs is 7. The van der Waals surface area contributed by atoms with E-state index < -0.39 is 21.7 Å². The quantitative estimate of drug-likeness (QED) is 0.165. The lowest BCUT2D eigenvalue weighted by molar-refractivity contribution is -0.384. The van der Waals surface area contributed by atoms with Gasteiger partial charge in [-0.25, -0.2) is 0 Å². The highest BCUT2D eigenvalue weighted by atomic mass is 16.6. The highest BCUT2D eigenvalue weighted by molar-refractivity contribution is 6.04. The summed E-state index contributed by atoms with van der Waals surface area (Å²) in [5.74, 6) is 1.15. The third kappa shape index (κ3) is 3.96. The van der Waals surface area contributed by atoms with Crippen LogP contribution in [0, 0.1) is 66.8 Å². The van der Waals surface area contributed by atoms with E-state index in [1.807, 2.05) is 6.08 Å². The second kappa shape index (κ2) is 9.62. The van der Waals surface area contributed by atoms with Crippen LogP contribution in [-0.4, -0.2) is 21.8 Å². The van der Waals surface area contributed by atoms with E-state index in [0.29, 0.717) is 24.2 Å². The zero-order valence-corrected chi connectivity index (χ0v) is 27.0. The minimum absolute atomic E-state index is 0.00232. The molecule has 4 fully saturated rings. The molecule has 5 aliphatic carbocycles. The molecule has 5 aliphatic rings. The average Bonchev–Trinajstić information content (AvgIpc) is 2.94. The molecule has 43 heavy (non-hydrogen) atoms. The van der Waals surface area contributed by atoms with E-state index in [1.165, 1.54) is 17.7 Å². The summed E-state index contributed by atoms with van der Waals surface area (Å²) in [6.07, 6.45) is 11.6. The molecule has 232 valence electrons. The molecular formula is C37H49NO5. The van der Waals surface area contributed by atoms with Gasteiger partial charge in [0.1, 0.15) is 0 Å². The first-order chi connectivity index (χ1) is 20.0. The second-order valence-electron chi connectivity index (χ2n) is 16.4. The summed E-state index contributed by atoms with van der Waals surface area (Å²) < 4.78 is 0. The Morgan fingerprint density at radius 2 is 1.65 bits per heavy atom. The number of nitrogens with zero attached hydrogens (tertiary/aromatic N) is 1. The molecule has 6 rings (SSSR count). The van der Waals surface area contributed by atoms with Gasteiger partial charge in [-0.3, -0.25) is 19.7 Å². The number of Topliss-reactive ketones (excluding diaryl/α,β-unsaturated/α-hetero) is 1. The van der Waals surface area contributed by atoms with Crippen LogP contribution in [0.5, 0.6) is 0 Å². The van der Waals surface area contributed by atoms with Crippen LogP contribution < -0.4 is 0 Å². The van der Waals surface area contributed by atoms with Gasteiger partial charge in [0.2, 0.25) is 0 Å². The van der Waals surface area contributed by atoms with Crippen molar-refractivity contribution in [2.24, 2.45) is 56.7 Å². The molecule has 0 radical (unpaired) electrons. The van der Waals surface area contributed by atoms with Gasteiger partial charge in [-0.2, -0.15) is 0 Å². The topological polar surface area (TPSA) is 97.5 Å². The molecule has 1 aromatic carbocycles. The summed E-state index contributed by atoms with van der Waals surface area (Å²) in [6.45, 7) is 16.2. The number of hydrogen-bond acceptors (Lipinski definition) is 4. The molecule has 0 aromatic heterocycles. The van der Waals surface area contributed by atoms with Crippen LogP contribution >= 0.6 is 0 Å². The number of allylic oxidation sites excluding steroid dienone is 3. The van der Waals surface area contributed by atoms with Crippen LogP contribution in [0.2, 0.25) is 0 Å². The van der Waals surface area contributed by atoms with Gasteiger partial charge in [-0.1, -0.05) is 60.1 Å². The molecule has 0 unspecified atom stereocenters. The zero-order chi connectivity index (χ0) is 31.3. The number of carboxylic acid groups (broad SMARTS) is 1. The molecule has 6 nitrogen and oxygen atoms in total. The molecule has 4 saturated carbocycles. The van der Waals surface area contributed by atoms with Crippen LogP contribution in [0.25, 0.3) is 6.08 Å². The van der Waals surface area contributed by atoms with Crippen LogP contribution in [0.3, 0.4) is 0 Å². The summed E-state index contributed by atoms with van der Waals surface area (Å²) in [6, 6.07) is 6.50. The predicted molar refractivity (Wildman–Crippen MR) is 168 cm³/mol. The molecule has 0 amide bonds. The average molecular weight is 588 g/mol. The normalized spacial score (nSPS) is 44.3. The fourth-order valence-corrected chi connectivity index (χ4v) is 11.7. The summed E-state index contributed by atoms with van der Waals surface area (Å²) in [7, 11) is 0. The molecular weight excluding hydrogens is 538 g/mol. The highest BCUT2D eigenvalue weighted by Gasteiger charge is 2.70. The van der Waals surface area contributed by atoms with E-state index in [0.717, 1.165) is 56.1 Å². The maximum absolute atomic E-state index is 14.0. The van der Waals surface area contributed by atoms with Gasteiger partial charge in [0, 0.05) is 17.5 Å². The van der Waals surface area contributed by atoms with Crippen molar-refractivity contribution in [3.8, 4) is 0 Å². The van der Waals surface area contributed by atoms with Crippen molar-refractivity contribution in [2.45, 2.75) is 99.8 Å². The van der Waals surface area contributed by atoms with Gasteiger partial charge in [-0.15, -0.1) is 0 Å². The van der Waals surface area contributed by atoms with Crippen molar-refractivity contribution < 1.29 is 19.6 Å². The number of aliphatic carboxylic acids is 1. The van der Waals surface area contributed by atoms with Gasteiger partial charge in [0.05, 0.1) is 10.3 Å². The van der Waals surface area contributed by atoms with Crippen molar-refractivity contribution in [3.63, 3.8) is 0 Å².